The summed E-state index contributed by atoms with van der Waals surface area (Å²) in [5.41, 5.74) is 5.65. The Morgan fingerprint density at radius 1 is 1.38 bits per heavy atom. The maximum atomic E-state index is 13.0. The molecule has 3 heteroatoms. The van der Waals surface area contributed by atoms with E-state index in [2.05, 4.69) is 0 Å². The van der Waals surface area contributed by atoms with Crippen LogP contribution in [0.15, 0.2) is 24.3 Å². The topological polar surface area (TPSA) is 26.0 Å². The fourth-order valence-electron chi connectivity index (χ4n) is 0.898. The van der Waals surface area contributed by atoms with Gasteiger partial charge in [-0.2, -0.15) is 0 Å². The summed E-state index contributed by atoms with van der Waals surface area (Å²) < 4.78 is 25.6. The molecule has 13 heavy (non-hydrogen) atoms. The van der Waals surface area contributed by atoms with Crippen molar-refractivity contribution < 1.29 is 8.78 Å². The number of halogens is 2. The number of benzene rings is 1. The van der Waals surface area contributed by atoms with E-state index in [0.717, 1.165) is 18.2 Å². The van der Waals surface area contributed by atoms with Crippen LogP contribution >= 0.6 is 0 Å². The summed E-state index contributed by atoms with van der Waals surface area (Å²) >= 11 is 0. The molecular weight excluding hydrogens is 172 g/mol. The summed E-state index contributed by atoms with van der Waals surface area (Å²) in [5.74, 6) is -0.899. The minimum atomic E-state index is -0.453. The van der Waals surface area contributed by atoms with Crippen molar-refractivity contribution in [2.75, 3.05) is 0 Å². The van der Waals surface area contributed by atoms with Crippen molar-refractivity contribution in [1.29, 1.82) is 0 Å². The standard InChI is InChI=1S/C10H11F2N/c1-7(13)2-3-8-6-9(11)4-5-10(8)12/h2-7H,13H2,1H3/b3-2+. The molecule has 1 atom stereocenters. The first-order chi connectivity index (χ1) is 6.09. The van der Waals surface area contributed by atoms with Crippen LogP contribution in [0.2, 0.25) is 0 Å². The van der Waals surface area contributed by atoms with Crippen molar-refractivity contribution in [2.24, 2.45) is 5.73 Å². The average molecular weight is 183 g/mol. The normalized spacial score (nSPS) is 13.5. The monoisotopic (exact) mass is 183 g/mol. The zero-order chi connectivity index (χ0) is 9.84. The van der Waals surface area contributed by atoms with E-state index in [-0.39, 0.29) is 11.6 Å². The van der Waals surface area contributed by atoms with Gasteiger partial charge in [0.1, 0.15) is 11.6 Å². The number of hydrogen-bond donors (Lipinski definition) is 1. The Balaban J connectivity index is 2.93. The van der Waals surface area contributed by atoms with Gasteiger partial charge in [0.25, 0.3) is 0 Å². The van der Waals surface area contributed by atoms with Crippen LogP contribution in [-0.2, 0) is 0 Å². The summed E-state index contributed by atoms with van der Waals surface area (Å²) in [7, 11) is 0. The van der Waals surface area contributed by atoms with Crippen molar-refractivity contribution >= 4 is 6.08 Å². The molecule has 2 N–H and O–H groups in total. The second-order valence-corrected chi connectivity index (χ2v) is 2.88. The zero-order valence-electron chi connectivity index (χ0n) is 7.30. The van der Waals surface area contributed by atoms with Crippen LogP contribution in [0.1, 0.15) is 12.5 Å². The molecule has 0 aliphatic heterocycles. The van der Waals surface area contributed by atoms with E-state index in [0.29, 0.717) is 0 Å². The third-order valence-corrected chi connectivity index (χ3v) is 1.54. The van der Waals surface area contributed by atoms with E-state index >= 15 is 0 Å². The Bertz CT molecular complexity index is 319. The number of nitrogens with two attached hydrogens (primary N) is 1. The van der Waals surface area contributed by atoms with Gasteiger partial charge >= 0.3 is 0 Å². The minimum absolute atomic E-state index is 0.164. The second-order valence-electron chi connectivity index (χ2n) is 2.88. The quantitative estimate of drug-likeness (QED) is 0.748. The maximum absolute atomic E-state index is 13.0. The summed E-state index contributed by atoms with van der Waals surface area (Å²) in [6.07, 6.45) is 3.08. The third-order valence-electron chi connectivity index (χ3n) is 1.54. The van der Waals surface area contributed by atoms with Gasteiger partial charge in [0.15, 0.2) is 0 Å². The molecule has 70 valence electrons. The molecular formula is C10H11F2N. The van der Waals surface area contributed by atoms with E-state index in [1.807, 2.05) is 0 Å². The van der Waals surface area contributed by atoms with Crippen molar-refractivity contribution in [1.82, 2.24) is 0 Å². The van der Waals surface area contributed by atoms with Gasteiger partial charge in [-0.3, -0.25) is 0 Å². The molecule has 0 aromatic heterocycles. The van der Waals surface area contributed by atoms with Crippen molar-refractivity contribution in [3.05, 3.63) is 41.5 Å². The summed E-state index contributed by atoms with van der Waals surface area (Å²) in [6.45, 7) is 1.76. The molecule has 0 fully saturated rings. The second kappa shape index (κ2) is 4.14. The van der Waals surface area contributed by atoms with Crippen LogP contribution in [0.25, 0.3) is 6.08 Å². The van der Waals surface area contributed by atoms with Crippen LogP contribution in [0.5, 0.6) is 0 Å². The lowest BCUT2D eigenvalue weighted by Gasteiger charge is -1.98. The molecule has 0 aliphatic rings. The largest absolute Gasteiger partial charge is 0.325 e. The highest BCUT2D eigenvalue weighted by molar-refractivity contribution is 5.50. The predicted molar refractivity (Wildman–Crippen MR) is 49.0 cm³/mol. The van der Waals surface area contributed by atoms with Gasteiger partial charge in [0.05, 0.1) is 0 Å². The van der Waals surface area contributed by atoms with Gasteiger partial charge in [-0.25, -0.2) is 8.78 Å². The van der Waals surface area contributed by atoms with Crippen LogP contribution in [0.4, 0.5) is 8.78 Å². The van der Waals surface area contributed by atoms with Crippen molar-refractivity contribution in [3.63, 3.8) is 0 Å². The maximum Gasteiger partial charge on any atom is 0.130 e. The minimum Gasteiger partial charge on any atom is -0.325 e. The number of hydrogen-bond acceptors (Lipinski definition) is 1. The molecule has 0 heterocycles. The Hall–Kier alpha value is -1.22. The lowest BCUT2D eigenvalue weighted by Crippen LogP contribution is -2.10. The van der Waals surface area contributed by atoms with Gasteiger partial charge < -0.3 is 5.73 Å². The fraction of sp³-hybridized carbons (Fsp3) is 0.200. The molecule has 0 aliphatic carbocycles. The van der Waals surface area contributed by atoms with Crippen LogP contribution < -0.4 is 5.73 Å². The molecule has 0 saturated heterocycles. The van der Waals surface area contributed by atoms with Crippen LogP contribution in [0.3, 0.4) is 0 Å². The molecule has 0 saturated carbocycles. The summed E-state index contributed by atoms with van der Waals surface area (Å²) in [4.78, 5) is 0. The Labute approximate surface area is 75.9 Å². The van der Waals surface area contributed by atoms with Crippen LogP contribution in [-0.4, -0.2) is 6.04 Å². The van der Waals surface area contributed by atoms with E-state index in [1.165, 1.54) is 6.08 Å². The molecule has 0 bridgehead atoms. The zero-order valence-corrected chi connectivity index (χ0v) is 7.30. The fourth-order valence-corrected chi connectivity index (χ4v) is 0.898. The SMILES string of the molecule is CC(N)/C=C/c1cc(F)ccc1F. The lowest BCUT2D eigenvalue weighted by molar-refractivity contribution is 0.598. The Kier molecular flexibility index (Phi) is 3.14. The van der Waals surface area contributed by atoms with Gasteiger partial charge in [-0.15, -0.1) is 0 Å². The third kappa shape index (κ3) is 2.95. The first kappa shape index (κ1) is 9.86. The van der Waals surface area contributed by atoms with Crippen molar-refractivity contribution in [3.8, 4) is 0 Å². The highest BCUT2D eigenvalue weighted by Crippen LogP contribution is 2.11. The molecule has 1 unspecified atom stereocenters. The van der Waals surface area contributed by atoms with E-state index in [9.17, 15) is 8.78 Å². The number of rotatable bonds is 2. The molecule has 0 radical (unpaired) electrons. The molecule has 1 nitrogen and oxygen atoms in total. The lowest BCUT2D eigenvalue weighted by atomic mass is 10.1. The van der Waals surface area contributed by atoms with E-state index in [4.69, 9.17) is 5.73 Å². The molecule has 1 aromatic rings. The Morgan fingerprint density at radius 3 is 2.69 bits per heavy atom. The predicted octanol–water partition coefficient (Wildman–Crippen LogP) is 2.33. The highest BCUT2D eigenvalue weighted by Gasteiger charge is 1.99. The van der Waals surface area contributed by atoms with Gasteiger partial charge in [-0.05, 0) is 25.1 Å². The van der Waals surface area contributed by atoms with E-state index in [1.54, 1.807) is 13.0 Å². The molecule has 0 spiro atoms. The van der Waals surface area contributed by atoms with Gasteiger partial charge in [0.2, 0.25) is 0 Å². The van der Waals surface area contributed by atoms with Crippen molar-refractivity contribution in [2.45, 2.75) is 13.0 Å². The average Bonchev–Trinajstić information content (AvgIpc) is 2.06. The smallest absolute Gasteiger partial charge is 0.130 e. The van der Waals surface area contributed by atoms with E-state index < -0.39 is 11.6 Å². The summed E-state index contributed by atoms with van der Waals surface area (Å²) in [6, 6.07) is 3.14. The highest BCUT2D eigenvalue weighted by atomic mass is 19.1. The molecule has 0 amide bonds. The van der Waals surface area contributed by atoms with Gasteiger partial charge in [-0.1, -0.05) is 12.2 Å². The summed E-state index contributed by atoms with van der Waals surface area (Å²) in [5, 5.41) is 0. The van der Waals surface area contributed by atoms with Crippen LogP contribution in [0, 0.1) is 11.6 Å². The molecule has 1 rings (SSSR count). The molecule has 1 aromatic carbocycles. The first-order valence-corrected chi connectivity index (χ1v) is 3.98. The Morgan fingerprint density at radius 2 is 2.08 bits per heavy atom. The first-order valence-electron chi connectivity index (χ1n) is 3.98. The van der Waals surface area contributed by atoms with Gasteiger partial charge in [0, 0.05) is 11.6 Å².